The molecule has 0 aliphatic carbocycles. The smallest absolute Gasteiger partial charge is 0.326 e. The van der Waals surface area contributed by atoms with Gasteiger partial charge in [-0.3, -0.25) is 86.5 Å². The Labute approximate surface area is 622 Å². The lowest BCUT2D eigenvalue weighted by Crippen LogP contribution is -2.62. The molecule has 31 N–H and O–H groups in total. The number of hydrogen-bond acceptors (Lipinski definition) is 24. The third-order valence-corrected chi connectivity index (χ3v) is 16.1. The number of carboxylic acid groups (broad SMARTS) is 3. The molecule has 0 aliphatic heterocycles. The monoisotopic (exact) mass is 1550 g/mol. The van der Waals surface area contributed by atoms with Gasteiger partial charge in [-0.15, -0.1) is 0 Å². The number of aliphatic imine (C=N–C) groups is 1. The van der Waals surface area contributed by atoms with Gasteiger partial charge in [0.1, 0.15) is 72.5 Å². The van der Waals surface area contributed by atoms with Crippen molar-refractivity contribution in [2.45, 2.75) is 223 Å². The quantitative estimate of drug-likeness (QED) is 0.0153. The van der Waals surface area contributed by atoms with E-state index in [-0.39, 0.29) is 94.4 Å². The Balaban J connectivity index is 6.91. The van der Waals surface area contributed by atoms with Crippen LogP contribution in [0.1, 0.15) is 144 Å². The molecule has 0 unspecified atom stereocenters. The number of aliphatic hydroxyl groups excluding tert-OH is 1. The molecule has 0 fully saturated rings. The summed E-state index contributed by atoms with van der Waals surface area (Å²) in [4.78, 5) is 242. The lowest BCUT2D eigenvalue weighted by Gasteiger charge is -2.28. The fourth-order valence-corrected chi connectivity index (χ4v) is 10.4. The molecule has 107 heavy (non-hydrogen) atoms. The minimum Gasteiger partial charge on any atom is -0.481 e. The second kappa shape index (κ2) is 52.0. The maximum Gasteiger partial charge on any atom is 0.326 e. The molecule has 0 aromatic carbocycles. The molecule has 0 spiro atoms. The Bertz CT molecular complexity index is 3070. The first-order valence-corrected chi connectivity index (χ1v) is 36.0. The number of rotatable bonds is 56. The van der Waals surface area contributed by atoms with E-state index in [1.165, 1.54) is 18.7 Å². The zero-order valence-electron chi connectivity index (χ0n) is 61.3. The SMILES string of the molecule is CSCC[C@H](NC(=O)[C@H](C)NC(=O)[C@H](CCCN=C(N)N)NC(=O)[C@H](CCC(=O)O)NC(=O)CN)C(=O)N[C@H](C(=O)N[C@@H](CCCCN)C(=O)N[C@@H](CC(=O)O)C(=O)N[C@@H](CC(N)=O)C(=O)N[C@@H](CC(N)=O)C(=O)N[C@@H](CC(C)C)C(=O)N[C@@H](CC(C)C)C(=O)NCC(=O)N[C@@H](CCCCN)C(=O)O)[C@@H](C)O. The predicted octanol–water partition coefficient (Wildman–Crippen LogP) is -9.39. The molecule has 0 aromatic heterocycles. The Morgan fingerprint density at radius 3 is 1.21 bits per heavy atom. The molecule has 0 heterocycles. The van der Waals surface area contributed by atoms with Crippen LogP contribution in [0.5, 0.6) is 0 Å². The number of thioether (sulfide) groups is 1. The third-order valence-electron chi connectivity index (χ3n) is 15.5. The normalized spacial score (nSPS) is 14.7. The number of guanidine groups is 1. The van der Waals surface area contributed by atoms with Crippen LogP contribution in [0, 0.1) is 11.8 Å². The Morgan fingerprint density at radius 2 is 0.776 bits per heavy atom. The highest BCUT2D eigenvalue weighted by molar-refractivity contribution is 7.98. The molecular formula is C63H111N21O22S. The number of carbonyl (C=O) groups is 18. The molecule has 0 saturated carbocycles. The number of amides is 15. The van der Waals surface area contributed by atoms with Gasteiger partial charge in [0.2, 0.25) is 88.6 Å². The zero-order valence-corrected chi connectivity index (χ0v) is 62.1. The van der Waals surface area contributed by atoms with Crippen molar-refractivity contribution in [2.24, 2.45) is 57.0 Å². The molecule has 0 aromatic rings. The number of carboxylic acids is 3. The molecule has 43 nitrogen and oxygen atoms in total. The van der Waals surface area contributed by atoms with E-state index >= 15 is 0 Å². The largest absolute Gasteiger partial charge is 0.481 e. The second-order valence-corrected chi connectivity index (χ2v) is 26.9. The highest BCUT2D eigenvalue weighted by atomic mass is 32.2. The van der Waals surface area contributed by atoms with Gasteiger partial charge < -0.3 is 130 Å². The highest BCUT2D eigenvalue weighted by Crippen LogP contribution is 2.13. The first-order chi connectivity index (χ1) is 50.1. The maximum atomic E-state index is 14.2. The van der Waals surface area contributed by atoms with E-state index < -0.39 is 230 Å². The van der Waals surface area contributed by atoms with Crippen molar-refractivity contribution >= 4 is 124 Å². The average Bonchev–Trinajstić information content (AvgIpc) is 0.859. The molecule has 0 aliphatic rings. The van der Waals surface area contributed by atoms with Gasteiger partial charge in [-0.05, 0) is 128 Å². The fraction of sp³-hybridized carbons (Fsp3) is 0.698. The van der Waals surface area contributed by atoms with Crippen molar-refractivity contribution in [3.05, 3.63) is 0 Å². The summed E-state index contributed by atoms with van der Waals surface area (Å²) in [7, 11) is 0. The Morgan fingerprint density at radius 1 is 0.393 bits per heavy atom. The molecule has 44 heteroatoms. The number of nitrogens with zero attached hydrogens (tertiary/aromatic N) is 1. The first kappa shape index (κ1) is 96.9. The number of hydrogen-bond donors (Lipinski definition) is 24. The number of carbonyl (C=O) groups excluding carboxylic acids is 15. The Hall–Kier alpha value is -10.1. The molecule has 15 amide bonds. The second-order valence-electron chi connectivity index (χ2n) is 25.9. The summed E-state index contributed by atoms with van der Waals surface area (Å²) >= 11 is 1.22. The molecule has 0 radical (unpaired) electrons. The summed E-state index contributed by atoms with van der Waals surface area (Å²) in [5, 5.41) is 70.0. The third kappa shape index (κ3) is 41.4. The highest BCUT2D eigenvalue weighted by Gasteiger charge is 2.39. The molecule has 13 atom stereocenters. The van der Waals surface area contributed by atoms with Crippen molar-refractivity contribution in [3.63, 3.8) is 0 Å². The van der Waals surface area contributed by atoms with Crippen LogP contribution in [0.25, 0.3) is 0 Å². The van der Waals surface area contributed by atoms with Crippen molar-refractivity contribution in [3.8, 4) is 0 Å². The van der Waals surface area contributed by atoms with E-state index in [1.807, 2.05) is 0 Å². The summed E-state index contributed by atoms with van der Waals surface area (Å²) in [6.45, 7) is 8.05. The standard InChI is InChI=1S/C63H111N21O22S/c1-30(2)23-39(52(95)72-29-47(89)75-38(62(105)106)14-9-11-20-65)79-57(100)40(24-31(3)4)80-58(101)41(25-44(67)86)81-59(102)42(26-45(68)87)82-60(103)43(27-49(92)93)83-54(97)34(13-8-10-19-64)78-61(104)50(33(6)85)84-56(99)37(18-22-107-7)76-51(94)32(5)73-53(96)35(15-12-21-71-63(69)70)77-55(98)36(16-17-48(90)91)74-46(88)28-66/h30-43,50,85H,8-29,64-66H2,1-7H3,(H2,67,86)(H2,68,87)(H,72,95)(H,73,96)(H,74,88)(H,75,89)(H,76,94)(H,77,98)(H,78,104)(H,79,100)(H,80,101)(H,81,102)(H,82,103)(H,83,97)(H,84,99)(H,90,91)(H,92,93)(H,105,106)(H4,69,70,71)/t32-,33+,34-,35-,36-,37-,38-,39-,40-,41-,42-,43-,50-/m0/s1. The van der Waals surface area contributed by atoms with Gasteiger partial charge in [0.05, 0.1) is 38.5 Å². The molecule has 0 saturated heterocycles. The van der Waals surface area contributed by atoms with Gasteiger partial charge in [0.15, 0.2) is 5.96 Å². The Kier molecular flexibility index (Phi) is 47.1. The van der Waals surface area contributed by atoms with Crippen molar-refractivity contribution in [1.82, 2.24) is 69.1 Å². The number of nitrogens with one attached hydrogen (secondary N) is 13. The maximum absolute atomic E-state index is 14.2. The van der Waals surface area contributed by atoms with Gasteiger partial charge in [-0.1, -0.05) is 27.7 Å². The predicted molar refractivity (Wildman–Crippen MR) is 385 cm³/mol. The summed E-state index contributed by atoms with van der Waals surface area (Å²) in [5.41, 5.74) is 38.3. The lowest BCUT2D eigenvalue weighted by molar-refractivity contribution is -0.142. The van der Waals surface area contributed by atoms with Crippen LogP contribution in [-0.4, -0.2) is 256 Å². The van der Waals surface area contributed by atoms with Crippen LogP contribution in [0.15, 0.2) is 4.99 Å². The summed E-state index contributed by atoms with van der Waals surface area (Å²) < 4.78 is 0. The number of primary amides is 2. The van der Waals surface area contributed by atoms with Gasteiger partial charge in [-0.2, -0.15) is 11.8 Å². The van der Waals surface area contributed by atoms with Gasteiger partial charge in [-0.25, -0.2) is 4.79 Å². The van der Waals surface area contributed by atoms with Gasteiger partial charge in [0, 0.05) is 13.0 Å². The summed E-state index contributed by atoms with van der Waals surface area (Å²) in [6, 6.07) is -20.1. The lowest BCUT2D eigenvalue weighted by atomic mass is 9.99. The molecular weight excluding hydrogens is 1430 g/mol. The fourth-order valence-electron chi connectivity index (χ4n) is 9.96. The topological polar surface area (TPSA) is 739 Å². The molecule has 0 rings (SSSR count). The van der Waals surface area contributed by atoms with Gasteiger partial charge in [0.25, 0.3) is 0 Å². The van der Waals surface area contributed by atoms with Crippen LogP contribution < -0.4 is 109 Å². The molecule has 0 bridgehead atoms. The number of aliphatic carboxylic acids is 3. The summed E-state index contributed by atoms with van der Waals surface area (Å²) in [5.74, 6) is -21.8. The van der Waals surface area contributed by atoms with E-state index in [4.69, 9.17) is 40.1 Å². The van der Waals surface area contributed by atoms with Crippen molar-refractivity contribution in [1.29, 1.82) is 0 Å². The number of aliphatic hydroxyl groups is 1. The van der Waals surface area contributed by atoms with Gasteiger partial charge >= 0.3 is 17.9 Å². The van der Waals surface area contributed by atoms with Crippen LogP contribution >= 0.6 is 11.8 Å². The van der Waals surface area contributed by atoms with Crippen LogP contribution in [0.4, 0.5) is 0 Å². The average molecular weight is 1550 g/mol. The van der Waals surface area contributed by atoms with Crippen LogP contribution in [-0.2, 0) is 86.3 Å². The van der Waals surface area contributed by atoms with Crippen LogP contribution in [0.3, 0.4) is 0 Å². The summed E-state index contributed by atoms with van der Waals surface area (Å²) in [6.07, 6.45) is -3.93. The van der Waals surface area contributed by atoms with E-state index in [0.29, 0.717) is 19.4 Å². The first-order valence-electron chi connectivity index (χ1n) is 34.6. The van der Waals surface area contributed by atoms with Crippen LogP contribution in [0.2, 0.25) is 0 Å². The minimum absolute atomic E-state index is 0.0191. The van der Waals surface area contributed by atoms with E-state index in [0.717, 1.165) is 6.92 Å². The van der Waals surface area contributed by atoms with Crippen molar-refractivity contribution in [2.75, 3.05) is 44.7 Å². The van der Waals surface area contributed by atoms with E-state index in [1.54, 1.807) is 34.0 Å². The number of nitrogens with two attached hydrogens (primary N) is 7. The van der Waals surface area contributed by atoms with E-state index in [9.17, 15) is 107 Å². The van der Waals surface area contributed by atoms with E-state index in [2.05, 4.69) is 74.1 Å². The zero-order chi connectivity index (χ0) is 81.8. The number of unbranched alkanes of at least 4 members (excludes halogenated alkanes) is 2. The molecule has 606 valence electrons. The minimum atomic E-state index is -2.17. The van der Waals surface area contributed by atoms with Crippen molar-refractivity contribution < 1.29 is 107 Å².